The van der Waals surface area contributed by atoms with Crippen molar-refractivity contribution in [1.29, 1.82) is 0 Å². The highest BCUT2D eigenvalue weighted by Gasteiger charge is 2.26. The van der Waals surface area contributed by atoms with Crippen LogP contribution in [0.3, 0.4) is 0 Å². The molecule has 3 heterocycles. The number of rotatable bonds is 3. The van der Waals surface area contributed by atoms with Gasteiger partial charge in [0.2, 0.25) is 5.91 Å². The van der Waals surface area contributed by atoms with Crippen molar-refractivity contribution in [1.82, 2.24) is 19.8 Å². The van der Waals surface area contributed by atoms with E-state index in [9.17, 15) is 9.59 Å². The molecule has 2 N–H and O–H groups in total. The Morgan fingerprint density at radius 3 is 2.39 bits per heavy atom. The number of nitrogens with one attached hydrogen (secondary N) is 2. The van der Waals surface area contributed by atoms with Crippen molar-refractivity contribution in [2.75, 3.05) is 26.2 Å². The third-order valence-corrected chi connectivity index (χ3v) is 4.32. The average molecular weight is 314 g/mol. The summed E-state index contributed by atoms with van der Waals surface area (Å²) < 4.78 is 0. The second-order valence-electron chi connectivity index (χ2n) is 6.06. The zero-order valence-electron chi connectivity index (χ0n) is 13.6. The largest absolute Gasteiger partial charge is 0.367 e. The quantitative estimate of drug-likeness (QED) is 0.901. The molecule has 122 valence electrons. The molecule has 0 unspecified atom stereocenters. The summed E-state index contributed by atoms with van der Waals surface area (Å²) in [5.74, 6) is 0.162. The number of aromatic nitrogens is 2. The van der Waals surface area contributed by atoms with Crippen molar-refractivity contribution >= 4 is 11.8 Å². The Hall–Kier alpha value is -2.50. The molecule has 0 saturated carbocycles. The van der Waals surface area contributed by atoms with E-state index in [-0.39, 0.29) is 11.8 Å². The molecule has 23 heavy (non-hydrogen) atoms. The van der Waals surface area contributed by atoms with Crippen LogP contribution in [-0.4, -0.2) is 57.8 Å². The summed E-state index contributed by atoms with van der Waals surface area (Å²) in [7, 11) is 0. The predicted octanol–water partition coefficient (Wildman–Crippen LogP) is 1.49. The second-order valence-corrected chi connectivity index (χ2v) is 6.06. The van der Waals surface area contributed by atoms with Crippen LogP contribution < -0.4 is 0 Å². The predicted molar refractivity (Wildman–Crippen MR) is 87.2 cm³/mol. The number of aromatic amines is 2. The van der Waals surface area contributed by atoms with Crippen molar-refractivity contribution < 1.29 is 9.59 Å². The summed E-state index contributed by atoms with van der Waals surface area (Å²) >= 11 is 0. The van der Waals surface area contributed by atoms with Gasteiger partial charge in [-0.3, -0.25) is 9.59 Å². The van der Waals surface area contributed by atoms with Crippen molar-refractivity contribution in [3.05, 3.63) is 47.0 Å². The molecule has 1 aliphatic heterocycles. The van der Waals surface area contributed by atoms with Crippen molar-refractivity contribution in [3.8, 4) is 0 Å². The van der Waals surface area contributed by atoms with Crippen molar-refractivity contribution in [2.24, 2.45) is 0 Å². The second kappa shape index (κ2) is 6.32. The van der Waals surface area contributed by atoms with Gasteiger partial charge in [0.15, 0.2) is 0 Å². The van der Waals surface area contributed by atoms with E-state index in [0.717, 1.165) is 22.5 Å². The van der Waals surface area contributed by atoms with Gasteiger partial charge in [0.25, 0.3) is 5.91 Å². The van der Waals surface area contributed by atoms with Crippen LogP contribution in [0.25, 0.3) is 0 Å². The van der Waals surface area contributed by atoms with Gasteiger partial charge in [-0.2, -0.15) is 0 Å². The summed E-state index contributed by atoms with van der Waals surface area (Å²) in [6.07, 6.45) is 4.07. The van der Waals surface area contributed by atoms with Gasteiger partial charge in [-0.05, 0) is 31.5 Å². The fourth-order valence-corrected chi connectivity index (χ4v) is 3.03. The maximum absolute atomic E-state index is 12.6. The molecule has 6 heteroatoms. The SMILES string of the molecule is Cc1cc(C(=O)N2CCN(C(=O)Cc3cc[nH]c3)CC2)c(C)[nH]1. The summed E-state index contributed by atoms with van der Waals surface area (Å²) in [6, 6.07) is 3.80. The molecule has 2 aromatic rings. The summed E-state index contributed by atoms with van der Waals surface area (Å²) in [5.41, 5.74) is 3.62. The number of piperazine rings is 1. The number of H-pyrrole nitrogens is 2. The zero-order chi connectivity index (χ0) is 16.4. The minimum Gasteiger partial charge on any atom is -0.367 e. The molecular formula is C17H22N4O2. The lowest BCUT2D eigenvalue weighted by molar-refractivity contribution is -0.131. The molecule has 6 nitrogen and oxygen atoms in total. The number of aryl methyl sites for hydroxylation is 2. The minimum absolute atomic E-state index is 0.0459. The first kappa shape index (κ1) is 15.4. The van der Waals surface area contributed by atoms with E-state index in [2.05, 4.69) is 9.97 Å². The third-order valence-electron chi connectivity index (χ3n) is 4.32. The molecule has 0 aromatic carbocycles. The van der Waals surface area contributed by atoms with E-state index in [1.807, 2.05) is 48.2 Å². The van der Waals surface area contributed by atoms with Crippen LogP contribution in [0.4, 0.5) is 0 Å². The van der Waals surface area contributed by atoms with Crippen LogP contribution in [0.5, 0.6) is 0 Å². The smallest absolute Gasteiger partial charge is 0.255 e. The number of carbonyl (C=O) groups excluding carboxylic acids is 2. The Morgan fingerprint density at radius 2 is 1.83 bits per heavy atom. The molecule has 0 radical (unpaired) electrons. The summed E-state index contributed by atoms with van der Waals surface area (Å²) in [5, 5.41) is 0. The molecule has 0 bridgehead atoms. The zero-order valence-corrected chi connectivity index (χ0v) is 13.6. The lowest BCUT2D eigenvalue weighted by atomic mass is 10.1. The Kier molecular flexibility index (Phi) is 4.23. The number of carbonyl (C=O) groups is 2. The molecule has 0 spiro atoms. The van der Waals surface area contributed by atoms with Crippen LogP contribution in [0.15, 0.2) is 24.5 Å². The number of amides is 2. The van der Waals surface area contributed by atoms with Gasteiger partial charge >= 0.3 is 0 Å². The van der Waals surface area contributed by atoms with Crippen LogP contribution >= 0.6 is 0 Å². The maximum atomic E-state index is 12.6. The van der Waals surface area contributed by atoms with E-state index in [4.69, 9.17) is 0 Å². The van der Waals surface area contributed by atoms with Gasteiger partial charge < -0.3 is 19.8 Å². The normalized spacial score (nSPS) is 15.0. The lowest BCUT2D eigenvalue weighted by Gasteiger charge is -2.34. The monoisotopic (exact) mass is 314 g/mol. The summed E-state index contributed by atoms with van der Waals surface area (Å²) in [4.78, 5) is 34.6. The van der Waals surface area contributed by atoms with E-state index >= 15 is 0 Å². The van der Waals surface area contributed by atoms with Gasteiger partial charge in [-0.15, -0.1) is 0 Å². The molecule has 1 fully saturated rings. The number of hydrogen-bond acceptors (Lipinski definition) is 2. The fourth-order valence-electron chi connectivity index (χ4n) is 3.03. The standard InChI is InChI=1S/C17H22N4O2/c1-12-9-15(13(2)19-12)17(23)21-7-5-20(6-8-21)16(22)10-14-3-4-18-11-14/h3-4,9,11,18-19H,5-8,10H2,1-2H3. The molecule has 0 atom stereocenters. The van der Waals surface area contributed by atoms with Crippen LogP contribution in [0.1, 0.15) is 27.3 Å². The van der Waals surface area contributed by atoms with Gasteiger partial charge in [0.05, 0.1) is 12.0 Å². The first-order valence-corrected chi connectivity index (χ1v) is 7.89. The third kappa shape index (κ3) is 3.31. The highest BCUT2D eigenvalue weighted by molar-refractivity contribution is 5.95. The van der Waals surface area contributed by atoms with Crippen LogP contribution in [0.2, 0.25) is 0 Å². The van der Waals surface area contributed by atoms with Gasteiger partial charge in [0, 0.05) is 50.0 Å². The van der Waals surface area contributed by atoms with E-state index in [0.29, 0.717) is 32.6 Å². The Labute approximate surface area is 135 Å². The Bertz CT molecular complexity index is 694. The minimum atomic E-state index is 0.0459. The van der Waals surface area contributed by atoms with E-state index < -0.39 is 0 Å². The Morgan fingerprint density at radius 1 is 1.13 bits per heavy atom. The summed E-state index contributed by atoms with van der Waals surface area (Å²) in [6.45, 7) is 6.22. The topological polar surface area (TPSA) is 72.2 Å². The van der Waals surface area contributed by atoms with Crippen molar-refractivity contribution in [2.45, 2.75) is 20.3 Å². The number of nitrogens with zero attached hydrogens (tertiary/aromatic N) is 2. The molecule has 3 rings (SSSR count). The first-order chi connectivity index (χ1) is 11.0. The highest BCUT2D eigenvalue weighted by Crippen LogP contribution is 2.14. The molecule has 1 aliphatic rings. The molecule has 0 aliphatic carbocycles. The molecular weight excluding hydrogens is 292 g/mol. The van der Waals surface area contributed by atoms with E-state index in [1.54, 1.807) is 0 Å². The number of hydrogen-bond donors (Lipinski definition) is 2. The van der Waals surface area contributed by atoms with Gasteiger partial charge in [-0.1, -0.05) is 0 Å². The van der Waals surface area contributed by atoms with Crippen molar-refractivity contribution in [3.63, 3.8) is 0 Å². The first-order valence-electron chi connectivity index (χ1n) is 7.89. The van der Waals surface area contributed by atoms with Gasteiger partial charge in [-0.25, -0.2) is 0 Å². The Balaban J connectivity index is 1.57. The van der Waals surface area contributed by atoms with Crippen LogP contribution in [-0.2, 0) is 11.2 Å². The van der Waals surface area contributed by atoms with Gasteiger partial charge in [0.1, 0.15) is 0 Å². The molecule has 2 aromatic heterocycles. The van der Waals surface area contributed by atoms with Crippen LogP contribution in [0, 0.1) is 13.8 Å². The maximum Gasteiger partial charge on any atom is 0.255 e. The molecule has 1 saturated heterocycles. The average Bonchev–Trinajstić information content (AvgIpc) is 3.16. The molecule has 2 amide bonds. The van der Waals surface area contributed by atoms with E-state index in [1.165, 1.54) is 0 Å². The lowest BCUT2D eigenvalue weighted by Crippen LogP contribution is -2.51. The highest BCUT2D eigenvalue weighted by atomic mass is 16.2. The fraction of sp³-hybridized carbons (Fsp3) is 0.412.